The second-order valence-electron chi connectivity index (χ2n) is 5.39. The number of ether oxygens (including phenoxy) is 1. The monoisotopic (exact) mass is 382 g/mol. The smallest absolute Gasteiger partial charge is 0.242 e. The Morgan fingerprint density at radius 3 is 2.36 bits per heavy atom. The number of rotatable bonds is 7. The van der Waals surface area contributed by atoms with Gasteiger partial charge in [0.05, 0.1) is 22.9 Å². The number of amides is 1. The highest BCUT2D eigenvalue weighted by Gasteiger charge is 2.16. The Hall–Kier alpha value is -2.09. The van der Waals surface area contributed by atoms with Gasteiger partial charge in [-0.3, -0.25) is 4.79 Å². The lowest BCUT2D eigenvalue weighted by atomic mass is 10.3. The Bertz CT molecular complexity index is 836. The molecule has 134 valence electrons. The summed E-state index contributed by atoms with van der Waals surface area (Å²) in [4.78, 5) is 12.1. The second kappa shape index (κ2) is 8.33. The summed E-state index contributed by atoms with van der Waals surface area (Å²) in [6.07, 6.45) is 0.142. The van der Waals surface area contributed by atoms with Crippen molar-refractivity contribution in [3.8, 4) is 5.75 Å². The van der Waals surface area contributed by atoms with Crippen molar-refractivity contribution in [1.82, 2.24) is 4.31 Å². The van der Waals surface area contributed by atoms with E-state index in [0.29, 0.717) is 16.5 Å². The topological polar surface area (TPSA) is 75.7 Å². The fraction of sp³-hybridized carbons (Fsp3) is 0.235. The Morgan fingerprint density at radius 2 is 1.76 bits per heavy atom. The van der Waals surface area contributed by atoms with Crippen LogP contribution in [0.15, 0.2) is 53.4 Å². The molecular formula is C17H19ClN2O4S. The maximum atomic E-state index is 12.0. The molecule has 0 aliphatic rings. The van der Waals surface area contributed by atoms with Crippen LogP contribution in [0.1, 0.15) is 6.42 Å². The first-order valence-corrected chi connectivity index (χ1v) is 9.32. The van der Waals surface area contributed by atoms with Crippen molar-refractivity contribution in [1.29, 1.82) is 0 Å². The van der Waals surface area contributed by atoms with Gasteiger partial charge in [-0.2, -0.15) is 0 Å². The summed E-state index contributed by atoms with van der Waals surface area (Å²) in [7, 11) is -0.558. The average Bonchev–Trinajstić information content (AvgIpc) is 2.57. The van der Waals surface area contributed by atoms with Crippen LogP contribution in [0.3, 0.4) is 0 Å². The molecule has 0 spiro atoms. The van der Waals surface area contributed by atoms with Crippen LogP contribution in [0.2, 0.25) is 5.02 Å². The number of sulfonamides is 1. The molecule has 0 atom stereocenters. The first kappa shape index (κ1) is 19.2. The molecule has 0 aliphatic heterocycles. The number of hydrogen-bond donors (Lipinski definition) is 1. The number of para-hydroxylation sites is 1. The van der Waals surface area contributed by atoms with Gasteiger partial charge in [0, 0.05) is 19.8 Å². The van der Waals surface area contributed by atoms with Gasteiger partial charge in [-0.1, -0.05) is 23.7 Å². The normalized spacial score (nSPS) is 11.4. The highest BCUT2D eigenvalue weighted by atomic mass is 35.5. The minimum Gasteiger partial charge on any atom is -0.491 e. The number of carbonyl (C=O) groups is 1. The zero-order valence-electron chi connectivity index (χ0n) is 13.9. The fourth-order valence-electron chi connectivity index (χ4n) is 1.96. The Labute approximate surface area is 152 Å². The van der Waals surface area contributed by atoms with Crippen molar-refractivity contribution in [3.63, 3.8) is 0 Å². The van der Waals surface area contributed by atoms with Gasteiger partial charge in [-0.05, 0) is 36.4 Å². The Kier molecular flexibility index (Phi) is 6.41. The average molecular weight is 383 g/mol. The van der Waals surface area contributed by atoms with Crippen molar-refractivity contribution in [2.24, 2.45) is 0 Å². The summed E-state index contributed by atoms with van der Waals surface area (Å²) in [6.45, 7) is 0.183. The minimum absolute atomic E-state index is 0.142. The molecule has 0 bridgehead atoms. The molecule has 2 aromatic carbocycles. The number of nitrogens with zero attached hydrogens (tertiary/aromatic N) is 1. The molecule has 25 heavy (non-hydrogen) atoms. The molecule has 0 heterocycles. The van der Waals surface area contributed by atoms with Crippen molar-refractivity contribution < 1.29 is 17.9 Å². The Morgan fingerprint density at radius 1 is 1.12 bits per heavy atom. The second-order valence-corrected chi connectivity index (χ2v) is 7.95. The van der Waals surface area contributed by atoms with E-state index in [1.807, 2.05) is 0 Å². The highest BCUT2D eigenvalue weighted by molar-refractivity contribution is 7.89. The lowest BCUT2D eigenvalue weighted by Gasteiger charge is -2.12. The highest BCUT2D eigenvalue weighted by Crippen LogP contribution is 2.23. The third-order valence-electron chi connectivity index (χ3n) is 3.34. The van der Waals surface area contributed by atoms with E-state index in [1.165, 1.54) is 26.2 Å². The van der Waals surface area contributed by atoms with E-state index in [1.54, 1.807) is 36.4 Å². The van der Waals surface area contributed by atoms with Gasteiger partial charge in [0.2, 0.25) is 15.9 Å². The standard InChI is InChI=1S/C17H19ClN2O4S/c1-20(2)25(22,23)14-9-7-13(8-10-14)19-17(21)11-12-24-16-6-4-3-5-15(16)18/h3-10H,11-12H2,1-2H3,(H,19,21). The maximum Gasteiger partial charge on any atom is 0.242 e. The fourth-order valence-corrected chi connectivity index (χ4v) is 3.05. The van der Waals surface area contributed by atoms with Gasteiger partial charge in [0.1, 0.15) is 5.75 Å². The van der Waals surface area contributed by atoms with Gasteiger partial charge >= 0.3 is 0 Å². The zero-order valence-corrected chi connectivity index (χ0v) is 15.5. The first-order valence-electron chi connectivity index (χ1n) is 7.50. The molecule has 0 saturated carbocycles. The number of hydrogen-bond acceptors (Lipinski definition) is 4. The SMILES string of the molecule is CN(C)S(=O)(=O)c1ccc(NC(=O)CCOc2ccccc2Cl)cc1. The van der Waals surface area contributed by atoms with Gasteiger partial charge in [0.15, 0.2) is 0 Å². The molecule has 2 aromatic rings. The third kappa shape index (κ3) is 5.19. The molecule has 0 unspecified atom stereocenters. The summed E-state index contributed by atoms with van der Waals surface area (Å²) < 4.78 is 30.5. The van der Waals surface area contributed by atoms with Gasteiger partial charge in [0.25, 0.3) is 0 Å². The summed E-state index contributed by atoms with van der Waals surface area (Å²) in [5.41, 5.74) is 0.514. The predicted octanol–water partition coefficient (Wildman–Crippen LogP) is 3.00. The van der Waals surface area contributed by atoms with Crippen LogP contribution in [0.4, 0.5) is 5.69 Å². The quantitative estimate of drug-likeness (QED) is 0.798. The molecule has 0 aromatic heterocycles. The van der Waals surface area contributed by atoms with E-state index in [-0.39, 0.29) is 23.8 Å². The molecule has 1 N–H and O–H groups in total. The van der Waals surface area contributed by atoms with Crippen LogP contribution in [-0.4, -0.2) is 39.3 Å². The summed E-state index contributed by atoms with van der Waals surface area (Å²) in [5.74, 6) is 0.283. The van der Waals surface area contributed by atoms with Crippen LogP contribution in [0.25, 0.3) is 0 Å². The molecule has 2 rings (SSSR count). The number of benzene rings is 2. The zero-order chi connectivity index (χ0) is 18.4. The van der Waals surface area contributed by atoms with Crippen LogP contribution in [-0.2, 0) is 14.8 Å². The van der Waals surface area contributed by atoms with Crippen molar-refractivity contribution >= 4 is 33.2 Å². The third-order valence-corrected chi connectivity index (χ3v) is 5.48. The van der Waals surface area contributed by atoms with E-state index in [2.05, 4.69) is 5.32 Å². The van der Waals surface area contributed by atoms with Crippen LogP contribution >= 0.6 is 11.6 Å². The number of carbonyl (C=O) groups excluding carboxylic acids is 1. The first-order chi connectivity index (χ1) is 11.8. The Balaban J connectivity index is 1.88. The summed E-state index contributed by atoms with van der Waals surface area (Å²) >= 11 is 5.97. The van der Waals surface area contributed by atoms with Crippen LogP contribution < -0.4 is 10.1 Å². The molecular weight excluding hydrogens is 364 g/mol. The van der Waals surface area contributed by atoms with Crippen LogP contribution in [0, 0.1) is 0 Å². The van der Waals surface area contributed by atoms with Crippen LogP contribution in [0.5, 0.6) is 5.75 Å². The van der Waals surface area contributed by atoms with E-state index in [0.717, 1.165) is 4.31 Å². The number of nitrogens with one attached hydrogen (secondary N) is 1. The van der Waals surface area contributed by atoms with Crippen molar-refractivity contribution in [2.45, 2.75) is 11.3 Å². The number of halogens is 1. The minimum atomic E-state index is -3.48. The molecule has 0 fully saturated rings. The molecule has 1 amide bonds. The van der Waals surface area contributed by atoms with Gasteiger partial charge < -0.3 is 10.1 Å². The summed E-state index contributed by atoms with van der Waals surface area (Å²) in [5, 5.41) is 3.18. The van der Waals surface area contributed by atoms with E-state index < -0.39 is 10.0 Å². The number of anilines is 1. The molecule has 0 aliphatic carbocycles. The molecule has 0 saturated heterocycles. The lowest BCUT2D eigenvalue weighted by molar-refractivity contribution is -0.116. The largest absolute Gasteiger partial charge is 0.491 e. The molecule has 6 nitrogen and oxygen atoms in total. The van der Waals surface area contributed by atoms with Crippen molar-refractivity contribution in [2.75, 3.05) is 26.0 Å². The lowest BCUT2D eigenvalue weighted by Crippen LogP contribution is -2.22. The van der Waals surface area contributed by atoms with E-state index in [4.69, 9.17) is 16.3 Å². The summed E-state index contributed by atoms with van der Waals surface area (Å²) in [6, 6.07) is 13.0. The predicted molar refractivity (Wildman–Crippen MR) is 97.5 cm³/mol. The van der Waals surface area contributed by atoms with Gasteiger partial charge in [-0.15, -0.1) is 0 Å². The van der Waals surface area contributed by atoms with E-state index in [9.17, 15) is 13.2 Å². The maximum absolute atomic E-state index is 12.0. The molecule has 8 heteroatoms. The van der Waals surface area contributed by atoms with E-state index >= 15 is 0 Å². The van der Waals surface area contributed by atoms with Gasteiger partial charge in [-0.25, -0.2) is 12.7 Å². The molecule has 0 radical (unpaired) electrons. The van der Waals surface area contributed by atoms with Crippen molar-refractivity contribution in [3.05, 3.63) is 53.6 Å².